The molecule has 1 saturated heterocycles. The fourth-order valence-electron chi connectivity index (χ4n) is 2.77. The predicted octanol–water partition coefficient (Wildman–Crippen LogP) is 3.70. The smallest absolute Gasteiger partial charge is 0.118 e. The molecule has 0 spiro atoms. The molecule has 1 aliphatic rings. The maximum atomic E-state index is 5.73. The Balaban J connectivity index is 1.93. The van der Waals surface area contributed by atoms with E-state index in [4.69, 9.17) is 9.47 Å². The molecule has 112 valence electrons. The summed E-state index contributed by atoms with van der Waals surface area (Å²) in [5.41, 5.74) is 1.34. The van der Waals surface area contributed by atoms with Crippen molar-refractivity contribution in [2.75, 3.05) is 20.3 Å². The number of hydrogen-bond donors (Lipinski definition) is 1. The van der Waals surface area contributed by atoms with Gasteiger partial charge in [0, 0.05) is 12.6 Å². The standard InChI is InChI=1S/C17H27NO2/c1-3-12-18-17(11-10-16-5-4-13-20-16)14-6-8-15(19-2)9-7-14/h6-9,16-18H,3-5,10-13H2,1-2H3. The molecule has 1 fully saturated rings. The first-order chi connectivity index (χ1) is 9.83. The quantitative estimate of drug-likeness (QED) is 0.786. The Morgan fingerprint density at radius 2 is 2.15 bits per heavy atom. The van der Waals surface area contributed by atoms with Crippen LogP contribution in [0.1, 0.15) is 50.6 Å². The van der Waals surface area contributed by atoms with Crippen LogP contribution in [0.5, 0.6) is 5.75 Å². The van der Waals surface area contributed by atoms with E-state index in [0.717, 1.165) is 38.2 Å². The second-order valence-corrected chi connectivity index (χ2v) is 5.49. The zero-order chi connectivity index (χ0) is 14.2. The molecule has 1 N–H and O–H groups in total. The van der Waals surface area contributed by atoms with Crippen molar-refractivity contribution < 1.29 is 9.47 Å². The van der Waals surface area contributed by atoms with Gasteiger partial charge in [-0.2, -0.15) is 0 Å². The fourth-order valence-corrected chi connectivity index (χ4v) is 2.77. The largest absolute Gasteiger partial charge is 0.497 e. The molecular formula is C17H27NO2. The van der Waals surface area contributed by atoms with E-state index < -0.39 is 0 Å². The van der Waals surface area contributed by atoms with Gasteiger partial charge in [-0.3, -0.25) is 0 Å². The summed E-state index contributed by atoms with van der Waals surface area (Å²) >= 11 is 0. The van der Waals surface area contributed by atoms with E-state index >= 15 is 0 Å². The van der Waals surface area contributed by atoms with Gasteiger partial charge in [0.15, 0.2) is 0 Å². The van der Waals surface area contributed by atoms with Crippen LogP contribution in [0.15, 0.2) is 24.3 Å². The summed E-state index contributed by atoms with van der Waals surface area (Å²) in [6.45, 7) is 4.21. The van der Waals surface area contributed by atoms with E-state index in [1.807, 2.05) is 12.1 Å². The van der Waals surface area contributed by atoms with Crippen LogP contribution in [0.4, 0.5) is 0 Å². The first kappa shape index (κ1) is 15.3. The van der Waals surface area contributed by atoms with Crippen molar-refractivity contribution in [2.45, 2.75) is 51.2 Å². The van der Waals surface area contributed by atoms with Crippen LogP contribution in [0.2, 0.25) is 0 Å². The van der Waals surface area contributed by atoms with Gasteiger partial charge in [-0.05, 0) is 56.3 Å². The number of hydrogen-bond acceptors (Lipinski definition) is 3. The molecule has 1 heterocycles. The monoisotopic (exact) mass is 277 g/mol. The minimum Gasteiger partial charge on any atom is -0.497 e. The van der Waals surface area contributed by atoms with Crippen LogP contribution < -0.4 is 10.1 Å². The molecule has 1 aliphatic heterocycles. The van der Waals surface area contributed by atoms with Crippen LogP contribution >= 0.6 is 0 Å². The van der Waals surface area contributed by atoms with Crippen LogP contribution in [-0.4, -0.2) is 26.4 Å². The fraction of sp³-hybridized carbons (Fsp3) is 0.647. The zero-order valence-electron chi connectivity index (χ0n) is 12.7. The van der Waals surface area contributed by atoms with Crippen molar-refractivity contribution in [3.05, 3.63) is 29.8 Å². The lowest BCUT2D eigenvalue weighted by molar-refractivity contribution is 0.0996. The number of benzene rings is 1. The summed E-state index contributed by atoms with van der Waals surface area (Å²) in [6, 6.07) is 8.85. The van der Waals surface area contributed by atoms with Crippen molar-refractivity contribution >= 4 is 0 Å². The molecule has 0 aliphatic carbocycles. The maximum absolute atomic E-state index is 5.73. The second kappa shape index (κ2) is 8.28. The minimum atomic E-state index is 0.421. The van der Waals surface area contributed by atoms with Gasteiger partial charge >= 0.3 is 0 Å². The van der Waals surface area contributed by atoms with Gasteiger partial charge in [-0.25, -0.2) is 0 Å². The molecule has 1 aromatic rings. The van der Waals surface area contributed by atoms with Gasteiger partial charge in [0.2, 0.25) is 0 Å². The topological polar surface area (TPSA) is 30.5 Å². The third-order valence-electron chi connectivity index (χ3n) is 3.96. The summed E-state index contributed by atoms with van der Waals surface area (Å²) in [6.07, 6.45) is 6.36. The lowest BCUT2D eigenvalue weighted by atomic mass is 9.99. The van der Waals surface area contributed by atoms with E-state index in [0.29, 0.717) is 12.1 Å². The maximum Gasteiger partial charge on any atom is 0.118 e. The molecule has 0 aromatic heterocycles. The Morgan fingerprint density at radius 3 is 2.75 bits per heavy atom. The molecule has 2 unspecified atom stereocenters. The van der Waals surface area contributed by atoms with Gasteiger partial charge in [-0.15, -0.1) is 0 Å². The summed E-state index contributed by atoms with van der Waals surface area (Å²) < 4.78 is 11.0. The highest BCUT2D eigenvalue weighted by atomic mass is 16.5. The van der Waals surface area contributed by atoms with Crippen LogP contribution in [-0.2, 0) is 4.74 Å². The summed E-state index contributed by atoms with van der Waals surface area (Å²) in [4.78, 5) is 0. The van der Waals surface area contributed by atoms with E-state index in [9.17, 15) is 0 Å². The van der Waals surface area contributed by atoms with E-state index in [1.165, 1.54) is 18.4 Å². The Labute approximate surface area is 122 Å². The number of methoxy groups -OCH3 is 1. The minimum absolute atomic E-state index is 0.421. The van der Waals surface area contributed by atoms with Gasteiger partial charge < -0.3 is 14.8 Å². The molecule has 2 atom stereocenters. The molecule has 2 rings (SSSR count). The van der Waals surface area contributed by atoms with Crippen LogP contribution in [0.3, 0.4) is 0 Å². The molecule has 0 bridgehead atoms. The highest BCUT2D eigenvalue weighted by Crippen LogP contribution is 2.25. The van der Waals surface area contributed by atoms with E-state index in [1.54, 1.807) is 7.11 Å². The third kappa shape index (κ3) is 4.50. The zero-order valence-corrected chi connectivity index (χ0v) is 12.7. The Morgan fingerprint density at radius 1 is 1.35 bits per heavy atom. The summed E-state index contributed by atoms with van der Waals surface area (Å²) in [5.74, 6) is 0.919. The summed E-state index contributed by atoms with van der Waals surface area (Å²) in [7, 11) is 1.71. The number of nitrogens with one attached hydrogen (secondary N) is 1. The van der Waals surface area contributed by atoms with E-state index in [2.05, 4.69) is 24.4 Å². The number of ether oxygens (including phenoxy) is 2. The predicted molar refractivity (Wildman–Crippen MR) is 82.2 cm³/mol. The van der Waals surface area contributed by atoms with Crippen LogP contribution in [0, 0.1) is 0 Å². The first-order valence-electron chi connectivity index (χ1n) is 7.82. The van der Waals surface area contributed by atoms with Gasteiger partial charge in [0.05, 0.1) is 13.2 Å². The molecule has 3 nitrogen and oxygen atoms in total. The molecule has 0 amide bonds. The number of rotatable bonds is 8. The second-order valence-electron chi connectivity index (χ2n) is 5.49. The molecule has 0 saturated carbocycles. The van der Waals surface area contributed by atoms with Gasteiger partial charge in [0.1, 0.15) is 5.75 Å². The Hall–Kier alpha value is -1.06. The van der Waals surface area contributed by atoms with Crippen molar-refractivity contribution in [2.24, 2.45) is 0 Å². The van der Waals surface area contributed by atoms with Crippen molar-refractivity contribution in [3.63, 3.8) is 0 Å². The highest BCUT2D eigenvalue weighted by Gasteiger charge is 2.18. The highest BCUT2D eigenvalue weighted by molar-refractivity contribution is 5.29. The van der Waals surface area contributed by atoms with Crippen molar-refractivity contribution in [1.29, 1.82) is 0 Å². The average molecular weight is 277 g/mol. The summed E-state index contributed by atoms with van der Waals surface area (Å²) in [5, 5.41) is 3.65. The molecule has 3 heteroatoms. The van der Waals surface area contributed by atoms with Crippen molar-refractivity contribution in [3.8, 4) is 5.75 Å². The Bertz CT molecular complexity index is 371. The molecule has 1 aromatic carbocycles. The first-order valence-corrected chi connectivity index (χ1v) is 7.82. The Kier molecular flexibility index (Phi) is 6.34. The SMILES string of the molecule is CCCNC(CCC1CCCO1)c1ccc(OC)cc1. The van der Waals surface area contributed by atoms with Gasteiger partial charge in [-0.1, -0.05) is 19.1 Å². The molecule has 0 radical (unpaired) electrons. The van der Waals surface area contributed by atoms with Crippen molar-refractivity contribution in [1.82, 2.24) is 5.32 Å². The lowest BCUT2D eigenvalue weighted by Gasteiger charge is -2.21. The molecular weight excluding hydrogens is 250 g/mol. The van der Waals surface area contributed by atoms with Gasteiger partial charge in [0.25, 0.3) is 0 Å². The third-order valence-corrected chi connectivity index (χ3v) is 3.96. The normalized spacial score (nSPS) is 20.0. The van der Waals surface area contributed by atoms with E-state index in [-0.39, 0.29) is 0 Å². The average Bonchev–Trinajstić information content (AvgIpc) is 3.01. The van der Waals surface area contributed by atoms with Crippen LogP contribution in [0.25, 0.3) is 0 Å². The lowest BCUT2D eigenvalue weighted by Crippen LogP contribution is -2.23. The molecule has 20 heavy (non-hydrogen) atoms.